The molecule has 4 aromatic carbocycles. The van der Waals surface area contributed by atoms with E-state index in [0.717, 1.165) is 23.1 Å². The van der Waals surface area contributed by atoms with Crippen LogP contribution in [0.15, 0.2) is 126 Å². The summed E-state index contributed by atoms with van der Waals surface area (Å²) in [5, 5.41) is 30.9. The zero-order chi connectivity index (χ0) is 35.0. The Balaban J connectivity index is 1.29. The van der Waals surface area contributed by atoms with Crippen LogP contribution in [0.1, 0.15) is 60.1 Å². The molecule has 0 aliphatic heterocycles. The number of hydrogen-bond acceptors (Lipinski definition) is 10. The third-order valence-electron chi connectivity index (χ3n) is 8.73. The number of benzene rings is 4. The second kappa shape index (κ2) is 15.1. The number of aromatic nitrogens is 1. The Hall–Kier alpha value is -5.88. The highest BCUT2D eigenvalue weighted by Crippen LogP contribution is 2.41. The maximum absolute atomic E-state index is 13.5. The van der Waals surface area contributed by atoms with Gasteiger partial charge in [0, 0.05) is 30.4 Å². The number of nitro groups is 1. The topological polar surface area (TPSA) is 153 Å². The Morgan fingerprint density at radius 3 is 1.90 bits per heavy atom. The molecule has 1 saturated carbocycles. The van der Waals surface area contributed by atoms with Crippen molar-refractivity contribution in [3.63, 3.8) is 0 Å². The van der Waals surface area contributed by atoms with Gasteiger partial charge in [0.25, 0.3) is 5.69 Å². The van der Waals surface area contributed by atoms with Crippen molar-refractivity contribution in [1.29, 1.82) is 0 Å². The second-order valence-corrected chi connectivity index (χ2v) is 12.8. The summed E-state index contributed by atoms with van der Waals surface area (Å²) < 4.78 is 5.58. The maximum Gasteiger partial charge on any atom is 0.360 e. The fourth-order valence-corrected chi connectivity index (χ4v) is 6.91. The Morgan fingerprint density at radius 2 is 1.40 bits per heavy atom. The summed E-state index contributed by atoms with van der Waals surface area (Å²) in [5.41, 5.74) is 0.600. The van der Waals surface area contributed by atoms with Crippen LogP contribution in [0, 0.1) is 10.1 Å². The molecule has 0 bridgehead atoms. The number of rotatable bonds is 13. The van der Waals surface area contributed by atoms with Gasteiger partial charge in [-0.05, 0) is 47.2 Å². The van der Waals surface area contributed by atoms with Crippen molar-refractivity contribution >= 4 is 39.8 Å². The highest BCUT2D eigenvalue weighted by atomic mass is 32.1. The first kappa shape index (κ1) is 34.0. The number of carbonyl (C=O) groups is 2. The molecule has 50 heavy (non-hydrogen) atoms. The first-order valence-corrected chi connectivity index (χ1v) is 17.0. The number of nitrogens with one attached hydrogen (secondary N) is 1. The molecular formula is C38H34N4O7S. The van der Waals surface area contributed by atoms with E-state index in [1.165, 1.54) is 35.6 Å². The number of oxime groups is 1. The smallest absolute Gasteiger partial charge is 0.360 e. The molecule has 0 atom stereocenters. The second-order valence-electron chi connectivity index (χ2n) is 11.9. The molecule has 0 unspecified atom stereocenters. The molecule has 1 heterocycles. The van der Waals surface area contributed by atoms with Crippen molar-refractivity contribution < 1.29 is 29.2 Å². The minimum Gasteiger partial charge on any atom is -0.476 e. The van der Waals surface area contributed by atoms with Gasteiger partial charge in [0.2, 0.25) is 11.3 Å². The number of aliphatic carboxylic acids is 1. The minimum atomic E-state index is -1.49. The number of carboxylic acid groups (broad SMARTS) is 1. The molecule has 1 aliphatic carbocycles. The van der Waals surface area contributed by atoms with Gasteiger partial charge >= 0.3 is 11.9 Å². The summed E-state index contributed by atoms with van der Waals surface area (Å²) in [7, 11) is 0. The van der Waals surface area contributed by atoms with Crippen LogP contribution in [0.5, 0.6) is 0 Å². The van der Waals surface area contributed by atoms with Crippen LogP contribution in [0.25, 0.3) is 0 Å². The Morgan fingerprint density at radius 1 is 0.860 bits per heavy atom. The summed E-state index contributed by atoms with van der Waals surface area (Å²) in [4.78, 5) is 47.0. The van der Waals surface area contributed by atoms with Crippen LogP contribution >= 0.6 is 11.3 Å². The molecule has 0 saturated heterocycles. The van der Waals surface area contributed by atoms with Crippen molar-refractivity contribution in [1.82, 2.24) is 4.98 Å². The van der Waals surface area contributed by atoms with E-state index in [-0.39, 0.29) is 18.0 Å². The predicted octanol–water partition coefficient (Wildman–Crippen LogP) is 7.71. The first-order chi connectivity index (χ1) is 24.3. The van der Waals surface area contributed by atoms with E-state index in [0.29, 0.717) is 36.4 Å². The van der Waals surface area contributed by atoms with Crippen molar-refractivity contribution in [2.24, 2.45) is 5.16 Å². The number of carbonyl (C=O) groups excluding carboxylic acids is 1. The van der Waals surface area contributed by atoms with Crippen molar-refractivity contribution in [2.45, 2.75) is 49.9 Å². The first-order valence-electron chi connectivity index (χ1n) is 16.1. The van der Waals surface area contributed by atoms with Gasteiger partial charge in [-0.2, -0.15) is 0 Å². The average Bonchev–Trinajstić information content (AvgIpc) is 3.62. The van der Waals surface area contributed by atoms with E-state index in [2.05, 4.69) is 15.5 Å². The Bertz CT molecular complexity index is 1860. The molecule has 11 nitrogen and oxygen atoms in total. The van der Waals surface area contributed by atoms with Gasteiger partial charge in [-0.3, -0.25) is 10.1 Å². The quantitative estimate of drug-likeness (QED) is 0.0416. The van der Waals surface area contributed by atoms with E-state index in [1.54, 1.807) is 5.38 Å². The summed E-state index contributed by atoms with van der Waals surface area (Å²) in [6.45, 7) is -0.134. The minimum absolute atomic E-state index is 0.0679. The maximum atomic E-state index is 13.5. The van der Waals surface area contributed by atoms with Crippen LogP contribution in [-0.4, -0.2) is 38.3 Å². The van der Waals surface area contributed by atoms with Crippen molar-refractivity contribution in [3.8, 4) is 0 Å². The molecule has 2 N–H and O–H groups in total. The molecule has 0 spiro atoms. The van der Waals surface area contributed by atoms with Gasteiger partial charge < -0.3 is 20.0 Å². The zero-order valence-corrected chi connectivity index (χ0v) is 27.8. The zero-order valence-electron chi connectivity index (χ0n) is 26.9. The summed E-state index contributed by atoms with van der Waals surface area (Å²) in [6, 6.07) is 35.5. The molecule has 0 amide bonds. The predicted molar refractivity (Wildman–Crippen MR) is 189 cm³/mol. The molecule has 254 valence electrons. The lowest BCUT2D eigenvalue weighted by Crippen LogP contribution is -2.44. The third-order valence-corrected chi connectivity index (χ3v) is 9.48. The molecule has 5 aromatic rings. The Kier molecular flexibility index (Phi) is 10.3. The van der Waals surface area contributed by atoms with E-state index >= 15 is 0 Å². The average molecular weight is 691 g/mol. The van der Waals surface area contributed by atoms with E-state index in [1.807, 2.05) is 91.0 Å². The van der Waals surface area contributed by atoms with Gasteiger partial charge in [-0.15, -0.1) is 11.3 Å². The molecule has 1 aliphatic rings. The fraction of sp³-hybridized carbons (Fsp3) is 0.211. The number of carboxylic acids is 1. The monoisotopic (exact) mass is 690 g/mol. The number of nitro benzene ring substituents is 1. The number of nitrogens with zero attached hydrogens (tertiary/aromatic N) is 3. The molecular weight excluding hydrogens is 657 g/mol. The van der Waals surface area contributed by atoms with Gasteiger partial charge in [-0.1, -0.05) is 103 Å². The van der Waals surface area contributed by atoms with E-state index in [9.17, 15) is 24.8 Å². The Labute approximate surface area is 292 Å². The van der Waals surface area contributed by atoms with Gasteiger partial charge in [0.05, 0.1) is 4.92 Å². The number of ether oxygens (including phenoxy) is 1. The number of non-ortho nitro benzene ring substituents is 1. The van der Waals surface area contributed by atoms with Crippen LogP contribution in [0.3, 0.4) is 0 Å². The van der Waals surface area contributed by atoms with Gasteiger partial charge in [0.15, 0.2) is 5.13 Å². The van der Waals surface area contributed by atoms with Crippen LogP contribution in [-0.2, 0) is 31.3 Å². The van der Waals surface area contributed by atoms with Gasteiger partial charge in [0.1, 0.15) is 17.8 Å². The number of esters is 1. The SMILES string of the molecule is O=C(O)/C(=N\OC1(C(=O)OCc2ccc([N+](=O)[O-])cc2)CCCCC1)c1csc(NC(c2ccccc2)(c2ccccc2)c2ccccc2)n1. The lowest BCUT2D eigenvalue weighted by Gasteiger charge is -2.36. The standard InChI is InChI=1S/C38H34N4O7S/c43-34(44)33(41-49-37(23-11-4-12-24-37)35(45)48-25-27-19-21-31(22-20-27)42(46)47)32-26-50-36(39-32)40-38(28-13-5-1-6-14-28,29-15-7-2-8-16-29)30-17-9-3-10-18-30/h1-3,5-10,13-22,26H,4,11-12,23-25H2,(H,39,40)(H,43,44)/b41-33-. The summed E-state index contributed by atoms with van der Waals surface area (Å²) in [6.07, 6.45) is 2.79. The van der Waals surface area contributed by atoms with E-state index in [4.69, 9.17) is 9.57 Å². The highest BCUT2D eigenvalue weighted by Gasteiger charge is 2.45. The molecule has 1 fully saturated rings. The molecule has 0 radical (unpaired) electrons. The lowest BCUT2D eigenvalue weighted by molar-refractivity contribution is -0.384. The van der Waals surface area contributed by atoms with Gasteiger partial charge in [-0.25, -0.2) is 14.6 Å². The number of hydrogen-bond donors (Lipinski definition) is 2. The lowest BCUT2D eigenvalue weighted by atomic mass is 9.77. The number of thiazole rings is 1. The number of anilines is 1. The van der Waals surface area contributed by atoms with Crippen LogP contribution < -0.4 is 5.32 Å². The molecule has 6 rings (SSSR count). The van der Waals surface area contributed by atoms with E-state index < -0.39 is 33.7 Å². The largest absolute Gasteiger partial charge is 0.476 e. The fourth-order valence-electron chi connectivity index (χ4n) is 6.16. The summed E-state index contributed by atoms with van der Waals surface area (Å²) in [5.74, 6) is -2.05. The third kappa shape index (κ3) is 7.25. The van der Waals surface area contributed by atoms with Crippen LogP contribution in [0.4, 0.5) is 10.8 Å². The van der Waals surface area contributed by atoms with Crippen molar-refractivity contribution in [3.05, 3.63) is 159 Å². The normalized spacial score (nSPS) is 14.4. The highest BCUT2D eigenvalue weighted by molar-refractivity contribution is 7.14. The van der Waals surface area contributed by atoms with Crippen molar-refractivity contribution in [2.75, 3.05) is 5.32 Å². The molecule has 1 aromatic heterocycles. The summed E-state index contributed by atoms with van der Waals surface area (Å²) >= 11 is 1.23. The molecule has 12 heteroatoms. The van der Waals surface area contributed by atoms with Crippen LogP contribution in [0.2, 0.25) is 0 Å².